The molecule has 234 valence electrons. The molecule has 6 rings (SSSR count). The summed E-state index contributed by atoms with van der Waals surface area (Å²) < 4.78 is 1.66. The van der Waals surface area contributed by atoms with Crippen LogP contribution in [0.3, 0.4) is 0 Å². The number of fused-ring (bicyclic) bond motifs is 1. The molecule has 1 unspecified atom stereocenters. The maximum atomic E-state index is 13.3. The Bertz CT molecular complexity index is 1910. The Morgan fingerprint density at radius 3 is 2.33 bits per heavy atom. The van der Waals surface area contributed by atoms with Crippen molar-refractivity contribution in [3.63, 3.8) is 0 Å². The molecule has 0 spiro atoms. The Labute approximate surface area is 265 Å². The van der Waals surface area contributed by atoms with Gasteiger partial charge >= 0.3 is 5.97 Å². The molecule has 3 amide bonds. The molecule has 3 heterocycles. The van der Waals surface area contributed by atoms with E-state index in [4.69, 9.17) is 5.73 Å². The first-order chi connectivity index (χ1) is 22.1. The van der Waals surface area contributed by atoms with Gasteiger partial charge in [-0.2, -0.15) is 0 Å². The zero-order valence-corrected chi connectivity index (χ0v) is 25.5. The van der Waals surface area contributed by atoms with Gasteiger partial charge in [0.15, 0.2) is 6.17 Å². The van der Waals surface area contributed by atoms with Gasteiger partial charge in [-0.15, -0.1) is 0 Å². The first-order valence-electron chi connectivity index (χ1n) is 15.0. The number of carbonyl (C=O) groups is 4. The van der Waals surface area contributed by atoms with Crippen LogP contribution in [0, 0.1) is 13.8 Å². The molecule has 46 heavy (non-hydrogen) atoms. The van der Waals surface area contributed by atoms with Gasteiger partial charge in [-0.05, 0) is 80.8 Å². The van der Waals surface area contributed by atoms with Crippen molar-refractivity contribution in [3.8, 4) is 0 Å². The van der Waals surface area contributed by atoms with Crippen LogP contribution in [0.25, 0.3) is 11.6 Å². The lowest BCUT2D eigenvalue weighted by Crippen LogP contribution is -2.41. The van der Waals surface area contributed by atoms with Gasteiger partial charge < -0.3 is 31.4 Å². The summed E-state index contributed by atoms with van der Waals surface area (Å²) in [5, 5.41) is 19.2. The molecule has 1 aromatic heterocycles. The van der Waals surface area contributed by atoms with Crippen LogP contribution < -0.4 is 21.7 Å². The molecule has 1 fully saturated rings. The van der Waals surface area contributed by atoms with E-state index in [1.54, 1.807) is 60.9 Å². The van der Waals surface area contributed by atoms with Crippen LogP contribution in [0.2, 0.25) is 0 Å². The summed E-state index contributed by atoms with van der Waals surface area (Å²) in [4.78, 5) is 52.9. The number of likely N-dealkylation sites (tertiary alicyclic amines) is 1. The van der Waals surface area contributed by atoms with Gasteiger partial charge in [0, 0.05) is 52.7 Å². The zero-order valence-electron chi connectivity index (χ0n) is 25.5. The number of hydrogen-bond donors (Lipinski definition) is 5. The molecular weight excluding hydrogens is 584 g/mol. The van der Waals surface area contributed by atoms with Crippen molar-refractivity contribution in [1.29, 1.82) is 0 Å². The number of hydrogen-bond acceptors (Lipinski definition) is 6. The number of anilines is 4. The number of amides is 3. The van der Waals surface area contributed by atoms with E-state index < -0.39 is 18.0 Å². The quantitative estimate of drug-likeness (QED) is 0.158. The average molecular weight is 619 g/mol. The molecule has 0 aliphatic carbocycles. The molecule has 1 saturated heterocycles. The molecule has 2 aliphatic rings. The predicted octanol–water partition coefficient (Wildman–Crippen LogP) is 5.37. The third-order valence-electron chi connectivity index (χ3n) is 8.47. The third kappa shape index (κ3) is 5.75. The predicted molar refractivity (Wildman–Crippen MR) is 177 cm³/mol. The summed E-state index contributed by atoms with van der Waals surface area (Å²) in [6.45, 7) is 4.65. The second kappa shape index (κ2) is 12.4. The highest BCUT2D eigenvalue weighted by molar-refractivity contribution is 6.35. The molecule has 0 saturated carbocycles. The van der Waals surface area contributed by atoms with Crippen molar-refractivity contribution in [1.82, 2.24) is 9.47 Å². The topological polar surface area (TPSA) is 159 Å². The van der Waals surface area contributed by atoms with Gasteiger partial charge in [0.2, 0.25) is 0 Å². The highest BCUT2D eigenvalue weighted by atomic mass is 16.4. The number of nitrogens with zero attached hydrogens (tertiary/aromatic N) is 2. The number of aromatic carboxylic acids is 1. The van der Waals surface area contributed by atoms with Crippen molar-refractivity contribution in [3.05, 3.63) is 106 Å². The Balaban J connectivity index is 1.31. The van der Waals surface area contributed by atoms with Gasteiger partial charge in [0.05, 0.1) is 16.8 Å². The van der Waals surface area contributed by atoms with Crippen LogP contribution in [-0.4, -0.2) is 51.4 Å². The van der Waals surface area contributed by atoms with Crippen LogP contribution in [0.4, 0.5) is 22.7 Å². The summed E-state index contributed by atoms with van der Waals surface area (Å²) in [7, 11) is 0. The molecule has 6 N–H and O–H groups in total. The van der Waals surface area contributed by atoms with Gasteiger partial charge in [-0.1, -0.05) is 30.3 Å². The SMILES string of the molecule is Cc1c(C(=O)O)c(C)n(C(C(N)=O)N2CCCC2)c1C=C1C(=O)Nc2cc(Nc3cccc(NC(=O)c4ccccc4)c3)ccc21. The summed E-state index contributed by atoms with van der Waals surface area (Å²) in [5.41, 5.74) is 11.4. The number of carboxylic acid groups (broad SMARTS) is 1. The van der Waals surface area contributed by atoms with Crippen LogP contribution in [0.15, 0.2) is 72.8 Å². The van der Waals surface area contributed by atoms with Crippen LogP contribution in [0.5, 0.6) is 0 Å². The average Bonchev–Trinajstić information content (AvgIpc) is 3.72. The number of primary amides is 1. The first-order valence-corrected chi connectivity index (χ1v) is 15.0. The minimum Gasteiger partial charge on any atom is -0.478 e. The Hall–Kier alpha value is -5.68. The van der Waals surface area contributed by atoms with E-state index in [9.17, 15) is 24.3 Å². The molecule has 0 bridgehead atoms. The van der Waals surface area contributed by atoms with E-state index in [0.29, 0.717) is 63.8 Å². The molecule has 2 aliphatic heterocycles. The Morgan fingerprint density at radius 2 is 1.63 bits per heavy atom. The van der Waals surface area contributed by atoms with Gasteiger partial charge in [-0.3, -0.25) is 19.3 Å². The smallest absolute Gasteiger partial charge is 0.337 e. The summed E-state index contributed by atoms with van der Waals surface area (Å²) in [6, 6.07) is 21.7. The van der Waals surface area contributed by atoms with Crippen molar-refractivity contribution in [2.75, 3.05) is 29.0 Å². The number of benzene rings is 3. The number of carboxylic acids is 1. The molecule has 11 nitrogen and oxygen atoms in total. The number of rotatable bonds is 9. The highest BCUT2D eigenvalue weighted by Gasteiger charge is 2.34. The van der Waals surface area contributed by atoms with Crippen molar-refractivity contribution in [2.45, 2.75) is 32.9 Å². The lowest BCUT2D eigenvalue weighted by atomic mass is 10.0. The van der Waals surface area contributed by atoms with E-state index in [0.717, 1.165) is 18.5 Å². The van der Waals surface area contributed by atoms with Crippen molar-refractivity contribution >= 4 is 58.1 Å². The standard InChI is InChI=1S/C35H34N6O5/c1-20-29(41(21(2)30(20)35(45)46)34(31(36)42)40-15-6-7-16-40)19-27-26-14-13-25(18-28(26)39-33(27)44)37-23-11-8-12-24(17-23)38-32(43)22-9-4-3-5-10-22/h3-5,8-14,17-19,34,37H,6-7,15-16H2,1-2H3,(H2,36,42)(H,38,43)(H,39,44)(H,45,46). The molecule has 0 radical (unpaired) electrons. The monoisotopic (exact) mass is 618 g/mol. The Kier molecular flexibility index (Phi) is 8.16. The number of carbonyl (C=O) groups excluding carboxylic acids is 3. The second-order valence-corrected chi connectivity index (χ2v) is 11.5. The molecular formula is C35H34N6O5. The lowest BCUT2D eigenvalue weighted by Gasteiger charge is -2.29. The lowest BCUT2D eigenvalue weighted by molar-refractivity contribution is -0.126. The van der Waals surface area contributed by atoms with Crippen molar-refractivity contribution in [2.24, 2.45) is 5.73 Å². The van der Waals surface area contributed by atoms with E-state index in [-0.39, 0.29) is 17.4 Å². The maximum absolute atomic E-state index is 13.3. The van der Waals surface area contributed by atoms with E-state index in [1.807, 2.05) is 41.3 Å². The molecule has 1 atom stereocenters. The summed E-state index contributed by atoms with van der Waals surface area (Å²) >= 11 is 0. The van der Waals surface area contributed by atoms with Crippen LogP contribution in [0.1, 0.15) is 62.2 Å². The minimum absolute atomic E-state index is 0.0812. The fourth-order valence-corrected chi connectivity index (χ4v) is 6.33. The number of aromatic nitrogens is 1. The van der Waals surface area contributed by atoms with Crippen LogP contribution in [-0.2, 0) is 9.59 Å². The van der Waals surface area contributed by atoms with E-state index in [1.165, 1.54) is 0 Å². The number of nitrogens with one attached hydrogen (secondary N) is 3. The van der Waals surface area contributed by atoms with Gasteiger partial charge in [0.1, 0.15) is 0 Å². The fourth-order valence-electron chi connectivity index (χ4n) is 6.33. The number of nitrogens with two attached hydrogens (primary N) is 1. The van der Waals surface area contributed by atoms with E-state index in [2.05, 4.69) is 16.0 Å². The zero-order chi connectivity index (χ0) is 32.5. The third-order valence-corrected chi connectivity index (χ3v) is 8.47. The molecule has 11 heteroatoms. The Morgan fingerprint density at radius 1 is 0.935 bits per heavy atom. The normalized spacial score (nSPS) is 15.8. The van der Waals surface area contributed by atoms with Gasteiger partial charge in [0.25, 0.3) is 17.7 Å². The summed E-state index contributed by atoms with van der Waals surface area (Å²) in [6.07, 6.45) is 2.58. The largest absolute Gasteiger partial charge is 0.478 e. The second-order valence-electron chi connectivity index (χ2n) is 11.5. The molecule has 3 aromatic carbocycles. The fraction of sp³-hybridized carbons (Fsp3) is 0.200. The van der Waals surface area contributed by atoms with Crippen LogP contribution >= 0.6 is 0 Å². The summed E-state index contributed by atoms with van der Waals surface area (Å²) in [5.74, 6) is -2.27. The van der Waals surface area contributed by atoms with Crippen molar-refractivity contribution < 1.29 is 24.3 Å². The minimum atomic E-state index is -1.12. The molecule has 4 aromatic rings. The maximum Gasteiger partial charge on any atom is 0.337 e. The highest BCUT2D eigenvalue weighted by Crippen LogP contribution is 2.38. The van der Waals surface area contributed by atoms with E-state index >= 15 is 0 Å². The first kappa shape index (κ1) is 30.4. The van der Waals surface area contributed by atoms with Gasteiger partial charge in [-0.25, -0.2) is 4.79 Å².